The SMILES string of the molecule is CC1(C)C(O)CC1Nc1cc(F)c(C(=O)O)cc1N. The summed E-state index contributed by atoms with van der Waals surface area (Å²) >= 11 is 0. The van der Waals surface area contributed by atoms with Gasteiger partial charge in [-0.1, -0.05) is 13.8 Å². The number of carboxylic acids is 1. The van der Waals surface area contributed by atoms with E-state index in [1.807, 2.05) is 13.8 Å². The summed E-state index contributed by atoms with van der Waals surface area (Å²) < 4.78 is 13.6. The van der Waals surface area contributed by atoms with Gasteiger partial charge >= 0.3 is 5.97 Å². The zero-order valence-electron chi connectivity index (χ0n) is 10.8. The molecule has 1 saturated carbocycles. The molecule has 2 unspecified atom stereocenters. The summed E-state index contributed by atoms with van der Waals surface area (Å²) in [7, 11) is 0. The molecular formula is C13H17FN2O3. The maximum absolute atomic E-state index is 13.6. The minimum atomic E-state index is -1.35. The number of aliphatic hydroxyl groups is 1. The molecule has 5 nitrogen and oxygen atoms in total. The summed E-state index contributed by atoms with van der Waals surface area (Å²) in [5.74, 6) is -2.18. The molecule has 5 N–H and O–H groups in total. The van der Waals surface area contributed by atoms with Gasteiger partial charge in [-0.25, -0.2) is 9.18 Å². The van der Waals surface area contributed by atoms with E-state index in [0.717, 1.165) is 12.1 Å². The Morgan fingerprint density at radius 2 is 2.16 bits per heavy atom. The Hall–Kier alpha value is -1.82. The average Bonchev–Trinajstić information content (AvgIpc) is 2.32. The van der Waals surface area contributed by atoms with E-state index in [2.05, 4.69) is 5.32 Å². The predicted octanol–water partition coefficient (Wildman–Crippen LogP) is 1.68. The minimum absolute atomic E-state index is 0.0279. The van der Waals surface area contributed by atoms with E-state index in [-0.39, 0.29) is 17.1 Å². The fourth-order valence-electron chi connectivity index (χ4n) is 2.21. The largest absolute Gasteiger partial charge is 0.478 e. The second-order valence-corrected chi connectivity index (χ2v) is 5.49. The Morgan fingerprint density at radius 3 is 2.63 bits per heavy atom. The molecule has 6 heteroatoms. The first kappa shape index (κ1) is 13.6. The summed E-state index contributed by atoms with van der Waals surface area (Å²) in [4.78, 5) is 10.8. The van der Waals surface area contributed by atoms with E-state index in [1.165, 1.54) is 0 Å². The number of hydrogen-bond donors (Lipinski definition) is 4. The lowest BCUT2D eigenvalue weighted by atomic mass is 9.64. The highest BCUT2D eigenvalue weighted by Gasteiger charge is 2.47. The molecule has 1 aliphatic carbocycles. The van der Waals surface area contributed by atoms with Crippen molar-refractivity contribution >= 4 is 17.3 Å². The van der Waals surface area contributed by atoms with Crippen LogP contribution in [0.5, 0.6) is 0 Å². The highest BCUT2D eigenvalue weighted by atomic mass is 19.1. The van der Waals surface area contributed by atoms with E-state index in [0.29, 0.717) is 12.1 Å². The van der Waals surface area contributed by atoms with Gasteiger partial charge in [0.25, 0.3) is 0 Å². The van der Waals surface area contributed by atoms with Crippen molar-refractivity contribution in [2.45, 2.75) is 32.4 Å². The third kappa shape index (κ3) is 2.23. The molecule has 0 heterocycles. The highest BCUT2D eigenvalue weighted by Crippen LogP contribution is 2.43. The Labute approximate surface area is 110 Å². The number of carboxylic acid groups (broad SMARTS) is 1. The van der Waals surface area contributed by atoms with Gasteiger partial charge in [-0.05, 0) is 18.6 Å². The molecule has 0 saturated heterocycles. The Morgan fingerprint density at radius 1 is 1.53 bits per heavy atom. The Kier molecular flexibility index (Phi) is 3.14. The van der Waals surface area contributed by atoms with Crippen LogP contribution in [0, 0.1) is 11.2 Å². The van der Waals surface area contributed by atoms with E-state index in [9.17, 15) is 14.3 Å². The quantitative estimate of drug-likeness (QED) is 0.625. The van der Waals surface area contributed by atoms with Crippen molar-refractivity contribution in [3.05, 3.63) is 23.5 Å². The van der Waals surface area contributed by atoms with E-state index in [4.69, 9.17) is 10.8 Å². The number of benzene rings is 1. The van der Waals surface area contributed by atoms with Gasteiger partial charge in [-0.2, -0.15) is 0 Å². The summed E-state index contributed by atoms with van der Waals surface area (Å²) in [6.45, 7) is 3.80. The van der Waals surface area contributed by atoms with E-state index < -0.39 is 23.5 Å². The lowest BCUT2D eigenvalue weighted by Gasteiger charge is -2.50. The maximum atomic E-state index is 13.6. The predicted molar refractivity (Wildman–Crippen MR) is 69.6 cm³/mol. The van der Waals surface area contributed by atoms with Gasteiger partial charge in [0, 0.05) is 11.5 Å². The second-order valence-electron chi connectivity index (χ2n) is 5.49. The molecule has 0 bridgehead atoms. The van der Waals surface area contributed by atoms with Crippen LogP contribution in [0.1, 0.15) is 30.6 Å². The molecule has 19 heavy (non-hydrogen) atoms. The number of aromatic carboxylic acids is 1. The molecule has 1 aliphatic rings. The van der Waals surface area contributed by atoms with E-state index in [1.54, 1.807) is 0 Å². The first-order chi connectivity index (χ1) is 8.73. The normalized spacial score (nSPS) is 24.6. The lowest BCUT2D eigenvalue weighted by Crippen LogP contribution is -2.56. The first-order valence-corrected chi connectivity index (χ1v) is 6.00. The minimum Gasteiger partial charge on any atom is -0.478 e. The van der Waals surface area contributed by atoms with Crippen LogP contribution >= 0.6 is 0 Å². The number of anilines is 2. The number of halogens is 1. The molecule has 104 valence electrons. The number of aliphatic hydroxyl groups excluding tert-OH is 1. The van der Waals surface area contributed by atoms with Crippen LogP contribution in [-0.4, -0.2) is 28.3 Å². The molecule has 0 aromatic heterocycles. The van der Waals surface area contributed by atoms with Gasteiger partial charge in [-0.15, -0.1) is 0 Å². The number of hydrogen-bond acceptors (Lipinski definition) is 4. The average molecular weight is 268 g/mol. The second kappa shape index (κ2) is 4.38. The Bertz CT molecular complexity index is 531. The topological polar surface area (TPSA) is 95.6 Å². The monoisotopic (exact) mass is 268 g/mol. The number of nitrogens with two attached hydrogens (primary N) is 1. The van der Waals surface area contributed by atoms with Crippen molar-refractivity contribution in [2.24, 2.45) is 5.41 Å². The van der Waals surface area contributed by atoms with Gasteiger partial charge in [0.2, 0.25) is 0 Å². The van der Waals surface area contributed by atoms with Crippen LogP contribution in [0.2, 0.25) is 0 Å². The van der Waals surface area contributed by atoms with Crippen LogP contribution in [0.15, 0.2) is 12.1 Å². The van der Waals surface area contributed by atoms with Gasteiger partial charge in [0.1, 0.15) is 5.82 Å². The summed E-state index contributed by atoms with van der Waals surface area (Å²) in [5, 5.41) is 21.5. The number of nitrogens with one attached hydrogen (secondary N) is 1. The van der Waals surface area contributed by atoms with Crippen LogP contribution in [0.25, 0.3) is 0 Å². The fraction of sp³-hybridized carbons (Fsp3) is 0.462. The third-order valence-corrected chi connectivity index (χ3v) is 3.92. The maximum Gasteiger partial charge on any atom is 0.338 e. The van der Waals surface area contributed by atoms with Crippen molar-refractivity contribution in [3.63, 3.8) is 0 Å². The van der Waals surface area contributed by atoms with Crippen molar-refractivity contribution in [1.82, 2.24) is 0 Å². The summed E-state index contributed by atoms with van der Waals surface area (Å²) in [6, 6.07) is 2.15. The lowest BCUT2D eigenvalue weighted by molar-refractivity contribution is -0.0510. The number of rotatable bonds is 3. The molecule has 2 atom stereocenters. The number of nitrogen functional groups attached to an aromatic ring is 1. The molecule has 0 spiro atoms. The van der Waals surface area contributed by atoms with Gasteiger partial charge in [0.05, 0.1) is 23.0 Å². The molecule has 0 radical (unpaired) electrons. The molecule has 2 rings (SSSR count). The van der Waals surface area contributed by atoms with Crippen LogP contribution in [0.4, 0.5) is 15.8 Å². The first-order valence-electron chi connectivity index (χ1n) is 6.00. The third-order valence-electron chi connectivity index (χ3n) is 3.92. The number of carbonyl (C=O) groups is 1. The molecule has 1 aromatic rings. The zero-order valence-corrected chi connectivity index (χ0v) is 10.8. The smallest absolute Gasteiger partial charge is 0.338 e. The van der Waals surface area contributed by atoms with Crippen LogP contribution in [0.3, 0.4) is 0 Å². The van der Waals surface area contributed by atoms with Crippen molar-refractivity contribution in [3.8, 4) is 0 Å². The van der Waals surface area contributed by atoms with E-state index >= 15 is 0 Å². The Balaban J connectivity index is 2.23. The highest BCUT2D eigenvalue weighted by molar-refractivity contribution is 5.90. The molecule has 0 aliphatic heterocycles. The fourth-order valence-corrected chi connectivity index (χ4v) is 2.21. The summed E-state index contributed by atoms with van der Waals surface area (Å²) in [5.41, 5.74) is 5.48. The van der Waals surface area contributed by atoms with Gasteiger partial charge in [-0.3, -0.25) is 0 Å². The van der Waals surface area contributed by atoms with Crippen molar-refractivity contribution in [1.29, 1.82) is 0 Å². The van der Waals surface area contributed by atoms with Gasteiger partial charge < -0.3 is 21.3 Å². The molecular weight excluding hydrogens is 251 g/mol. The molecule has 0 amide bonds. The van der Waals surface area contributed by atoms with Crippen LogP contribution in [-0.2, 0) is 0 Å². The van der Waals surface area contributed by atoms with Gasteiger partial charge in [0.15, 0.2) is 0 Å². The standard InChI is InChI=1S/C13H17FN2O3/c1-13(2)10(5-11(13)17)16-9-4-7(14)6(12(18)19)3-8(9)15/h3-4,10-11,16-17H,5,15H2,1-2H3,(H,18,19). The van der Waals surface area contributed by atoms with Crippen molar-refractivity contribution in [2.75, 3.05) is 11.1 Å². The zero-order chi connectivity index (χ0) is 14.4. The molecule has 1 aromatic carbocycles. The van der Waals surface area contributed by atoms with Crippen LogP contribution < -0.4 is 11.1 Å². The van der Waals surface area contributed by atoms with Crippen molar-refractivity contribution < 1.29 is 19.4 Å². The summed E-state index contributed by atoms with van der Waals surface area (Å²) in [6.07, 6.45) is 0.142. The molecule has 1 fully saturated rings.